The lowest BCUT2D eigenvalue weighted by Gasteiger charge is -2.04. The minimum Gasteiger partial charge on any atom is -0.148 e. The molecule has 1 aromatic heterocycles. The van der Waals surface area contributed by atoms with Crippen LogP contribution in [0.3, 0.4) is 0 Å². The standard InChI is InChI=1S/C9H12Br2S/c1-2-7(10)3-4-9-8(11)5-6-12-9/h5-7H,2-4H2,1H3. The monoisotopic (exact) mass is 310 g/mol. The molecule has 0 fully saturated rings. The van der Waals surface area contributed by atoms with Crippen LogP contribution in [0.2, 0.25) is 0 Å². The van der Waals surface area contributed by atoms with E-state index >= 15 is 0 Å². The topological polar surface area (TPSA) is 0 Å². The van der Waals surface area contributed by atoms with Crippen molar-refractivity contribution in [2.75, 3.05) is 0 Å². The molecule has 1 atom stereocenters. The Morgan fingerprint density at radius 3 is 2.83 bits per heavy atom. The molecule has 1 heterocycles. The highest BCUT2D eigenvalue weighted by Crippen LogP contribution is 2.25. The predicted molar refractivity (Wildman–Crippen MR) is 63.3 cm³/mol. The van der Waals surface area contributed by atoms with Crippen molar-refractivity contribution < 1.29 is 0 Å². The molecular weight excluding hydrogens is 300 g/mol. The van der Waals surface area contributed by atoms with Crippen molar-refractivity contribution in [2.24, 2.45) is 0 Å². The van der Waals surface area contributed by atoms with Gasteiger partial charge in [0.05, 0.1) is 0 Å². The molecule has 0 spiro atoms. The van der Waals surface area contributed by atoms with E-state index in [0.717, 1.165) is 0 Å². The average molecular weight is 312 g/mol. The summed E-state index contributed by atoms with van der Waals surface area (Å²) >= 11 is 9.00. The molecule has 0 aliphatic heterocycles. The molecule has 0 aromatic carbocycles. The van der Waals surface area contributed by atoms with Gasteiger partial charge in [-0.15, -0.1) is 11.3 Å². The van der Waals surface area contributed by atoms with Gasteiger partial charge in [0.1, 0.15) is 0 Å². The fourth-order valence-corrected chi connectivity index (χ4v) is 2.79. The van der Waals surface area contributed by atoms with E-state index in [0.29, 0.717) is 4.83 Å². The first-order valence-electron chi connectivity index (χ1n) is 4.10. The van der Waals surface area contributed by atoms with Gasteiger partial charge >= 0.3 is 0 Å². The van der Waals surface area contributed by atoms with Gasteiger partial charge in [-0.25, -0.2) is 0 Å². The predicted octanol–water partition coefficient (Wildman–Crippen LogP) is 4.62. The van der Waals surface area contributed by atoms with E-state index in [-0.39, 0.29) is 0 Å². The second-order valence-corrected chi connectivity index (χ2v) is 5.89. The highest BCUT2D eigenvalue weighted by molar-refractivity contribution is 9.10. The summed E-state index contributed by atoms with van der Waals surface area (Å²) in [7, 11) is 0. The highest BCUT2D eigenvalue weighted by Gasteiger charge is 2.04. The van der Waals surface area contributed by atoms with Crippen LogP contribution in [-0.4, -0.2) is 4.83 Å². The van der Waals surface area contributed by atoms with E-state index in [1.54, 1.807) is 0 Å². The third kappa shape index (κ3) is 3.19. The maximum Gasteiger partial charge on any atom is 0.0314 e. The molecule has 68 valence electrons. The van der Waals surface area contributed by atoms with Crippen LogP contribution in [0.5, 0.6) is 0 Å². The van der Waals surface area contributed by atoms with Crippen molar-refractivity contribution in [3.63, 3.8) is 0 Å². The van der Waals surface area contributed by atoms with E-state index in [9.17, 15) is 0 Å². The Kier molecular flexibility index (Phi) is 4.84. The molecule has 3 heteroatoms. The molecule has 0 N–H and O–H groups in total. The summed E-state index contributed by atoms with van der Waals surface area (Å²) in [4.78, 5) is 2.14. The number of hydrogen-bond donors (Lipinski definition) is 0. The second kappa shape index (κ2) is 5.40. The molecule has 1 aromatic rings. The van der Waals surface area contributed by atoms with Gasteiger partial charge in [0.2, 0.25) is 0 Å². The summed E-state index contributed by atoms with van der Waals surface area (Å²) in [5.41, 5.74) is 0. The molecule has 0 aliphatic carbocycles. The van der Waals surface area contributed by atoms with Gasteiger partial charge in [-0.05, 0) is 46.6 Å². The minimum absolute atomic E-state index is 0.673. The Morgan fingerprint density at radius 2 is 2.33 bits per heavy atom. The molecule has 12 heavy (non-hydrogen) atoms. The summed E-state index contributed by atoms with van der Waals surface area (Å²) in [6.45, 7) is 2.21. The van der Waals surface area contributed by atoms with Gasteiger partial charge in [0, 0.05) is 14.2 Å². The summed E-state index contributed by atoms with van der Waals surface area (Å²) in [6.07, 6.45) is 3.63. The number of rotatable bonds is 4. The largest absolute Gasteiger partial charge is 0.148 e. The highest BCUT2D eigenvalue weighted by atomic mass is 79.9. The summed E-state index contributed by atoms with van der Waals surface area (Å²) < 4.78 is 1.27. The first-order chi connectivity index (χ1) is 5.74. The lowest BCUT2D eigenvalue weighted by atomic mass is 10.2. The molecule has 0 saturated carbocycles. The normalized spacial score (nSPS) is 13.2. The van der Waals surface area contributed by atoms with Crippen LogP contribution in [0.4, 0.5) is 0 Å². The van der Waals surface area contributed by atoms with Crippen LogP contribution >= 0.6 is 43.2 Å². The maximum absolute atomic E-state index is 3.64. The molecule has 0 radical (unpaired) electrons. The zero-order chi connectivity index (χ0) is 8.97. The summed E-state index contributed by atoms with van der Waals surface area (Å²) in [5, 5.41) is 2.13. The molecule has 0 nitrogen and oxygen atoms in total. The number of alkyl halides is 1. The van der Waals surface area contributed by atoms with E-state index < -0.39 is 0 Å². The fourth-order valence-electron chi connectivity index (χ4n) is 0.995. The minimum atomic E-state index is 0.673. The van der Waals surface area contributed by atoms with Crippen molar-refractivity contribution in [3.8, 4) is 0 Å². The number of aryl methyl sites for hydroxylation is 1. The van der Waals surface area contributed by atoms with Crippen LogP contribution in [-0.2, 0) is 6.42 Å². The van der Waals surface area contributed by atoms with E-state index in [2.05, 4.69) is 50.2 Å². The van der Waals surface area contributed by atoms with Crippen LogP contribution in [0.15, 0.2) is 15.9 Å². The van der Waals surface area contributed by atoms with Gasteiger partial charge in [0.25, 0.3) is 0 Å². The zero-order valence-corrected chi connectivity index (χ0v) is 11.0. The third-order valence-corrected chi connectivity index (χ3v) is 4.91. The van der Waals surface area contributed by atoms with Crippen LogP contribution in [0, 0.1) is 0 Å². The maximum atomic E-state index is 3.64. The molecule has 1 unspecified atom stereocenters. The zero-order valence-electron chi connectivity index (χ0n) is 7.02. The third-order valence-electron chi connectivity index (χ3n) is 1.82. The molecule has 0 aliphatic rings. The Labute approximate surface area is 94.6 Å². The fraction of sp³-hybridized carbons (Fsp3) is 0.556. The molecule has 0 saturated heterocycles. The number of hydrogen-bond acceptors (Lipinski definition) is 1. The SMILES string of the molecule is CCC(Br)CCc1sccc1Br. The summed E-state index contributed by atoms with van der Waals surface area (Å²) in [5.74, 6) is 0. The van der Waals surface area contributed by atoms with Gasteiger partial charge in [-0.3, -0.25) is 0 Å². The Morgan fingerprint density at radius 1 is 1.58 bits per heavy atom. The van der Waals surface area contributed by atoms with E-state index in [1.807, 2.05) is 11.3 Å². The lowest BCUT2D eigenvalue weighted by Crippen LogP contribution is -1.96. The van der Waals surface area contributed by atoms with Crippen molar-refractivity contribution in [2.45, 2.75) is 31.0 Å². The van der Waals surface area contributed by atoms with Crippen molar-refractivity contribution in [1.29, 1.82) is 0 Å². The van der Waals surface area contributed by atoms with Crippen LogP contribution in [0.25, 0.3) is 0 Å². The first-order valence-corrected chi connectivity index (χ1v) is 6.68. The molecule has 1 rings (SSSR count). The second-order valence-electron chi connectivity index (χ2n) is 2.74. The quantitative estimate of drug-likeness (QED) is 0.712. The lowest BCUT2D eigenvalue weighted by molar-refractivity contribution is 0.751. The Hall–Kier alpha value is 0.660. The van der Waals surface area contributed by atoms with Gasteiger partial charge in [-0.1, -0.05) is 22.9 Å². The first kappa shape index (κ1) is 10.7. The van der Waals surface area contributed by atoms with Crippen LogP contribution < -0.4 is 0 Å². The molecule has 0 amide bonds. The Balaban J connectivity index is 2.38. The van der Waals surface area contributed by atoms with Gasteiger partial charge in [0.15, 0.2) is 0 Å². The van der Waals surface area contributed by atoms with Crippen molar-refractivity contribution in [1.82, 2.24) is 0 Å². The smallest absolute Gasteiger partial charge is 0.0314 e. The molecule has 0 bridgehead atoms. The van der Waals surface area contributed by atoms with E-state index in [4.69, 9.17) is 0 Å². The number of thiophene rings is 1. The van der Waals surface area contributed by atoms with E-state index in [1.165, 1.54) is 28.6 Å². The van der Waals surface area contributed by atoms with Crippen LogP contribution in [0.1, 0.15) is 24.6 Å². The van der Waals surface area contributed by atoms with Gasteiger partial charge in [-0.2, -0.15) is 0 Å². The average Bonchev–Trinajstić information content (AvgIpc) is 2.47. The summed E-state index contributed by atoms with van der Waals surface area (Å²) in [6, 6.07) is 2.12. The van der Waals surface area contributed by atoms with Gasteiger partial charge < -0.3 is 0 Å². The Bertz CT molecular complexity index is 232. The molecular formula is C9H12Br2S. The van der Waals surface area contributed by atoms with Crippen molar-refractivity contribution >= 4 is 43.2 Å². The van der Waals surface area contributed by atoms with Crippen molar-refractivity contribution in [3.05, 3.63) is 20.8 Å². The number of halogens is 2.